The minimum absolute atomic E-state index is 0.186. The molecule has 1 aromatic heterocycles. The van der Waals surface area contributed by atoms with Gasteiger partial charge >= 0.3 is 0 Å². The zero-order valence-electron chi connectivity index (χ0n) is 32.9. The van der Waals surface area contributed by atoms with Gasteiger partial charge in [-0.3, -0.25) is 0 Å². The Morgan fingerprint density at radius 1 is 0.350 bits per heavy atom. The summed E-state index contributed by atoms with van der Waals surface area (Å²) < 4.78 is 2.21. The van der Waals surface area contributed by atoms with Crippen LogP contribution in [0.3, 0.4) is 0 Å². The van der Waals surface area contributed by atoms with Crippen LogP contribution in [-0.4, -0.2) is 0 Å². The molecule has 0 radical (unpaired) electrons. The number of benzene rings is 9. The Labute approximate surface area is 349 Å². The highest BCUT2D eigenvalue weighted by atomic mass is 15.2. The lowest BCUT2D eigenvalue weighted by Gasteiger charge is -2.26. The molecule has 2 heterocycles. The van der Waals surface area contributed by atoms with E-state index in [2.05, 4.69) is 246 Å². The molecular formula is C57H40N3+. The van der Waals surface area contributed by atoms with Gasteiger partial charge in [-0.25, -0.2) is 0 Å². The lowest BCUT2D eigenvalue weighted by molar-refractivity contribution is -0.546. The van der Waals surface area contributed by atoms with Gasteiger partial charge in [-0.2, -0.15) is 0 Å². The summed E-state index contributed by atoms with van der Waals surface area (Å²) in [5.74, 6) is 0. The fraction of sp³-hybridized carbons (Fsp3) is 0.0175. The van der Waals surface area contributed by atoms with Gasteiger partial charge in [-0.1, -0.05) is 176 Å². The first-order valence-corrected chi connectivity index (χ1v) is 20.6. The quantitative estimate of drug-likeness (QED) is 0.141. The van der Waals surface area contributed by atoms with E-state index in [1.165, 1.54) is 38.6 Å². The van der Waals surface area contributed by atoms with Gasteiger partial charge in [0.15, 0.2) is 6.04 Å². The summed E-state index contributed by atoms with van der Waals surface area (Å²) in [7, 11) is 0. The summed E-state index contributed by atoms with van der Waals surface area (Å²) >= 11 is 0. The topological polar surface area (TPSA) is 21.5 Å². The van der Waals surface area contributed by atoms with Gasteiger partial charge in [-0.05, 0) is 114 Å². The average Bonchev–Trinajstić information content (AvgIpc) is 3.74. The Balaban J connectivity index is 1.13. The first-order valence-electron chi connectivity index (χ1n) is 20.6. The van der Waals surface area contributed by atoms with Crippen molar-refractivity contribution < 1.29 is 4.36 Å². The number of nitrogens with zero attached hydrogens (tertiary/aromatic N) is 3. The monoisotopic (exact) mass is 766 g/mol. The third kappa shape index (κ3) is 6.43. The van der Waals surface area contributed by atoms with Crippen LogP contribution in [-0.2, 0) is 0 Å². The molecule has 0 fully saturated rings. The SMILES string of the molecule is c1ccc(C2=c3c4cc(N(c5ccc(-c6ccccc6)cc5)c5ccc(-c6ccc7ccccc7c6)cc5)ccc4cc(-c4ccccc4)[n+]3=NC2c2ccccc2)cc1. The minimum atomic E-state index is -0.186. The smallest absolute Gasteiger partial charge is 0.252 e. The molecule has 9 aromatic carbocycles. The maximum atomic E-state index is 5.56. The average molecular weight is 767 g/mol. The molecule has 1 aliphatic heterocycles. The molecule has 60 heavy (non-hydrogen) atoms. The number of hydrogen-bond acceptors (Lipinski definition) is 2. The lowest BCUT2D eigenvalue weighted by atomic mass is 9.92. The van der Waals surface area contributed by atoms with Crippen LogP contribution in [0.5, 0.6) is 0 Å². The van der Waals surface area contributed by atoms with Gasteiger partial charge < -0.3 is 4.90 Å². The normalized spacial score (nSPS) is 13.3. The highest BCUT2D eigenvalue weighted by Gasteiger charge is 2.34. The first kappa shape index (κ1) is 35.3. The van der Waals surface area contributed by atoms with E-state index in [1.807, 2.05) is 0 Å². The molecule has 3 nitrogen and oxygen atoms in total. The molecule has 1 unspecified atom stereocenters. The van der Waals surface area contributed by atoms with Crippen molar-refractivity contribution in [3.05, 3.63) is 253 Å². The molecule has 1 aliphatic rings. The maximum Gasteiger partial charge on any atom is 0.252 e. The fourth-order valence-corrected chi connectivity index (χ4v) is 8.79. The standard InChI is InChI=1S/C57H40N3/c1-5-15-40(16-6-1)42-27-32-50(33-28-42)59(51-34-29-43(30-35-51)48-26-25-41-17-13-14-24-47(41)37-48)52-36-31-49-38-54(44-18-7-2-8-19-44)60-57(53(49)39-52)55(45-20-9-3-10-21-45)56(58-60)46-22-11-4-12-23-46/h1-39,56H/q+1. The van der Waals surface area contributed by atoms with Crippen molar-refractivity contribution in [1.82, 2.24) is 0 Å². The second kappa shape index (κ2) is 15.1. The van der Waals surface area contributed by atoms with Gasteiger partial charge in [0.05, 0.1) is 11.0 Å². The van der Waals surface area contributed by atoms with E-state index in [1.54, 1.807) is 0 Å². The molecule has 0 saturated carbocycles. The van der Waals surface area contributed by atoms with Crippen LogP contribution in [0.25, 0.3) is 60.6 Å². The molecule has 0 saturated heterocycles. The van der Waals surface area contributed by atoms with Crippen LogP contribution < -0.4 is 14.6 Å². The van der Waals surface area contributed by atoms with E-state index in [0.29, 0.717) is 0 Å². The molecule has 11 rings (SSSR count). The molecule has 0 amide bonds. The first-order chi connectivity index (χ1) is 29.7. The van der Waals surface area contributed by atoms with Crippen LogP contribution in [0, 0.1) is 0 Å². The molecule has 282 valence electrons. The molecule has 0 N–H and O–H groups in total. The number of aromatic nitrogens is 1. The maximum absolute atomic E-state index is 5.56. The van der Waals surface area contributed by atoms with Crippen LogP contribution in [0.1, 0.15) is 17.2 Å². The second-order valence-electron chi connectivity index (χ2n) is 15.4. The number of anilines is 3. The van der Waals surface area contributed by atoms with Crippen LogP contribution in [0.15, 0.2) is 242 Å². The highest BCUT2D eigenvalue weighted by molar-refractivity contribution is 5.93. The van der Waals surface area contributed by atoms with Crippen molar-refractivity contribution in [1.29, 1.82) is 0 Å². The largest absolute Gasteiger partial charge is 0.310 e. The van der Waals surface area contributed by atoms with E-state index in [0.717, 1.165) is 55.6 Å². The summed E-state index contributed by atoms with van der Waals surface area (Å²) in [4.78, 5) is 2.38. The predicted octanol–water partition coefficient (Wildman–Crippen LogP) is 13.7. The van der Waals surface area contributed by atoms with E-state index < -0.39 is 0 Å². The Kier molecular flexibility index (Phi) is 8.90. The third-order valence-electron chi connectivity index (χ3n) is 11.8. The van der Waals surface area contributed by atoms with Crippen molar-refractivity contribution in [3.8, 4) is 33.5 Å². The number of fused-ring (bicyclic) bond motifs is 4. The highest BCUT2D eigenvalue weighted by Crippen LogP contribution is 2.40. The van der Waals surface area contributed by atoms with Crippen LogP contribution in [0.2, 0.25) is 0 Å². The van der Waals surface area contributed by atoms with Crippen molar-refractivity contribution in [3.63, 3.8) is 0 Å². The summed E-state index contributed by atoms with van der Waals surface area (Å²) in [5.41, 5.74) is 13.7. The summed E-state index contributed by atoms with van der Waals surface area (Å²) in [6.45, 7) is 0. The van der Waals surface area contributed by atoms with Gasteiger partial charge in [0.1, 0.15) is 0 Å². The predicted molar refractivity (Wildman–Crippen MR) is 248 cm³/mol. The fourth-order valence-electron chi connectivity index (χ4n) is 8.79. The molecule has 10 aromatic rings. The van der Waals surface area contributed by atoms with Crippen molar-refractivity contribution in [2.75, 3.05) is 4.90 Å². The van der Waals surface area contributed by atoms with E-state index in [4.69, 9.17) is 5.11 Å². The van der Waals surface area contributed by atoms with Crippen molar-refractivity contribution in [2.45, 2.75) is 6.04 Å². The van der Waals surface area contributed by atoms with Crippen molar-refractivity contribution in [2.24, 2.45) is 5.11 Å². The summed E-state index contributed by atoms with van der Waals surface area (Å²) in [6, 6.07) is 84.9. The molecule has 0 bridgehead atoms. The van der Waals surface area contributed by atoms with Crippen LogP contribution in [0.4, 0.5) is 17.1 Å². The zero-order chi connectivity index (χ0) is 39.8. The number of hydrogen-bond donors (Lipinski definition) is 0. The zero-order valence-corrected chi connectivity index (χ0v) is 32.9. The van der Waals surface area contributed by atoms with Gasteiger partial charge in [0.25, 0.3) is 5.35 Å². The van der Waals surface area contributed by atoms with E-state index in [9.17, 15) is 0 Å². The second-order valence-corrected chi connectivity index (χ2v) is 15.4. The van der Waals surface area contributed by atoms with E-state index >= 15 is 0 Å². The summed E-state index contributed by atoms with van der Waals surface area (Å²) in [6.07, 6.45) is 0. The van der Waals surface area contributed by atoms with Gasteiger partial charge in [0, 0.05) is 28.7 Å². The Morgan fingerprint density at radius 3 is 1.48 bits per heavy atom. The van der Waals surface area contributed by atoms with Crippen molar-refractivity contribution >= 4 is 44.2 Å². The van der Waals surface area contributed by atoms with Gasteiger partial charge in [0.2, 0.25) is 5.69 Å². The molecule has 0 aliphatic carbocycles. The molecule has 0 spiro atoms. The number of pyridine rings is 1. The molecule has 3 heteroatoms. The molecule has 1 atom stereocenters. The number of rotatable bonds is 8. The Morgan fingerprint density at radius 2 is 0.833 bits per heavy atom. The Bertz CT molecular complexity index is 3270. The minimum Gasteiger partial charge on any atom is -0.310 e. The van der Waals surface area contributed by atoms with E-state index in [-0.39, 0.29) is 6.04 Å². The van der Waals surface area contributed by atoms with Crippen LogP contribution >= 0.6 is 0 Å². The van der Waals surface area contributed by atoms with Gasteiger partial charge in [-0.15, -0.1) is 0 Å². The lowest BCUT2D eigenvalue weighted by Crippen LogP contribution is -2.38. The molecular weight excluding hydrogens is 727 g/mol. The third-order valence-corrected chi connectivity index (χ3v) is 11.8. The Hall–Kier alpha value is -7.88. The summed E-state index contributed by atoms with van der Waals surface area (Å²) in [5, 5.41) is 11.5.